The molecule has 0 aliphatic rings. The predicted octanol–water partition coefficient (Wildman–Crippen LogP) is -4.69. The molecule has 0 aliphatic carbocycles. The maximum absolute atomic E-state index is 13.7. The first-order chi connectivity index (χ1) is 31.0. The van der Waals surface area contributed by atoms with Gasteiger partial charge in [-0.05, 0) is 57.1 Å². The van der Waals surface area contributed by atoms with Gasteiger partial charge in [0.1, 0.15) is 42.3 Å². The minimum absolute atomic E-state index is 0.0535. The van der Waals surface area contributed by atoms with Crippen molar-refractivity contribution in [3.8, 4) is 0 Å². The zero-order valence-electron chi connectivity index (χ0n) is 36.9. The smallest absolute Gasteiger partial charge is 0.326 e. The number of aromatic amines is 1. The lowest BCUT2D eigenvalue weighted by molar-refractivity contribution is -0.142. The average Bonchev–Trinajstić information content (AvgIpc) is 3.76. The lowest BCUT2D eigenvalue weighted by atomic mass is 10.0. The first kappa shape index (κ1) is 58.0. The van der Waals surface area contributed by atoms with Crippen LogP contribution in [0.1, 0.15) is 65.0 Å². The van der Waals surface area contributed by atoms with E-state index >= 15 is 0 Å². The van der Waals surface area contributed by atoms with Crippen LogP contribution in [0, 0.1) is 5.92 Å². The molecule has 66 heavy (non-hydrogen) atoms. The maximum Gasteiger partial charge on any atom is 0.326 e. The number of carbonyl (C=O) groups is 11. The molecule has 8 atom stereocenters. The van der Waals surface area contributed by atoms with Crippen LogP contribution in [0.2, 0.25) is 0 Å². The Balaban J connectivity index is 3.11. The molecule has 0 aromatic carbocycles. The van der Waals surface area contributed by atoms with Crippen molar-refractivity contribution in [1.82, 2.24) is 52.5 Å². The lowest BCUT2D eigenvalue weighted by Crippen LogP contribution is -2.61. The molecule has 16 N–H and O–H groups in total. The number of carboxylic acid groups (broad SMARTS) is 3. The molecular formula is C38H62N12O14S2. The molecule has 0 bridgehead atoms. The normalized spacial score (nSPS) is 14.6. The van der Waals surface area contributed by atoms with E-state index in [9.17, 15) is 68.1 Å². The molecule has 1 rings (SSSR count). The highest BCUT2D eigenvalue weighted by Gasteiger charge is 2.35. The number of hydrogen-bond acceptors (Lipinski definition) is 16. The van der Waals surface area contributed by atoms with Gasteiger partial charge in [0.15, 0.2) is 0 Å². The number of hydrogen-bond donors (Lipinski definition) is 15. The molecule has 0 radical (unpaired) electrons. The minimum atomic E-state index is -1.86. The predicted molar refractivity (Wildman–Crippen MR) is 239 cm³/mol. The monoisotopic (exact) mass is 974 g/mol. The zero-order valence-corrected chi connectivity index (χ0v) is 38.6. The van der Waals surface area contributed by atoms with Crippen LogP contribution in [0.3, 0.4) is 0 Å². The van der Waals surface area contributed by atoms with Crippen molar-refractivity contribution in [3.63, 3.8) is 0 Å². The van der Waals surface area contributed by atoms with E-state index in [1.54, 1.807) is 13.8 Å². The fourth-order valence-corrected chi connectivity index (χ4v) is 6.47. The molecule has 0 saturated heterocycles. The first-order valence-electron chi connectivity index (χ1n) is 20.6. The summed E-state index contributed by atoms with van der Waals surface area (Å²) in [6.07, 6.45) is 3.55. The lowest BCUT2D eigenvalue weighted by Gasteiger charge is -2.27. The number of aliphatic carboxylic acids is 3. The van der Waals surface area contributed by atoms with Crippen LogP contribution in [-0.2, 0) is 59.2 Å². The summed E-state index contributed by atoms with van der Waals surface area (Å²) in [5.74, 6) is -12.6. The van der Waals surface area contributed by atoms with E-state index in [0.717, 1.165) is 6.92 Å². The number of carboxylic acids is 3. The van der Waals surface area contributed by atoms with Crippen molar-refractivity contribution >= 4 is 89.6 Å². The number of nitrogens with two attached hydrogens (primary N) is 2. The Bertz CT molecular complexity index is 1840. The molecule has 0 fully saturated rings. The zero-order chi connectivity index (χ0) is 50.1. The molecule has 0 saturated carbocycles. The molecule has 8 amide bonds. The summed E-state index contributed by atoms with van der Waals surface area (Å²) in [4.78, 5) is 147. The van der Waals surface area contributed by atoms with Crippen molar-refractivity contribution < 1.29 is 68.1 Å². The second-order valence-electron chi connectivity index (χ2n) is 15.2. The van der Waals surface area contributed by atoms with Gasteiger partial charge < -0.3 is 74.3 Å². The standard InChI is InChI=1S/C38H62N12O14S2/c1-18(2)30(50-32(57)21(40)8-10-66-4)37(62)48-23(11-20-14-41-17-43-20)34(59)47-25(13-29(54)55)35(60)49-26(16-65)36(61)44-19(3)31(56)46-24(12-28(52)53)33(58)42-15-27(51)45-22(38(63)64)7-5-6-9-39/h14,17-19,21-26,30,65H,5-13,15-16,39-40H2,1-4H3,(H,41,43)(H,42,58)(H,44,61)(H,45,51)(H,46,56)(H,47,59)(H,48,62)(H,49,60)(H,50,57)(H,52,53)(H,54,55)(H,63,64)/t19-,21-,22-,23-,24-,25-,26-,30-/m0/s1. The number of thioether (sulfide) groups is 1. The fraction of sp³-hybridized carbons (Fsp3) is 0.632. The van der Waals surface area contributed by atoms with E-state index in [2.05, 4.69) is 65.1 Å². The Morgan fingerprint density at radius 2 is 1.26 bits per heavy atom. The summed E-state index contributed by atoms with van der Waals surface area (Å²) in [7, 11) is 0. The van der Waals surface area contributed by atoms with Crippen molar-refractivity contribution in [3.05, 3.63) is 18.2 Å². The van der Waals surface area contributed by atoms with Gasteiger partial charge in [0.05, 0.1) is 31.8 Å². The minimum Gasteiger partial charge on any atom is -0.481 e. The fourth-order valence-electron chi connectivity index (χ4n) is 5.73. The largest absolute Gasteiger partial charge is 0.481 e. The number of aromatic nitrogens is 2. The van der Waals surface area contributed by atoms with Crippen LogP contribution in [0.5, 0.6) is 0 Å². The molecule has 28 heteroatoms. The number of thiol groups is 1. The molecule has 0 unspecified atom stereocenters. The number of rotatable bonds is 32. The van der Waals surface area contributed by atoms with Gasteiger partial charge in [-0.3, -0.25) is 47.9 Å². The van der Waals surface area contributed by atoms with Crippen molar-refractivity contribution in [2.75, 3.05) is 30.9 Å². The number of nitrogens with zero attached hydrogens (tertiary/aromatic N) is 1. The molecule has 1 heterocycles. The first-order valence-corrected chi connectivity index (χ1v) is 22.7. The van der Waals surface area contributed by atoms with E-state index in [-0.39, 0.29) is 12.8 Å². The van der Waals surface area contributed by atoms with Crippen molar-refractivity contribution in [1.29, 1.82) is 0 Å². The Morgan fingerprint density at radius 1 is 0.697 bits per heavy atom. The highest BCUT2D eigenvalue weighted by Crippen LogP contribution is 2.09. The van der Waals surface area contributed by atoms with Gasteiger partial charge >= 0.3 is 17.9 Å². The van der Waals surface area contributed by atoms with Gasteiger partial charge in [-0.25, -0.2) is 9.78 Å². The molecule has 26 nitrogen and oxygen atoms in total. The van der Waals surface area contributed by atoms with Gasteiger partial charge in [-0.15, -0.1) is 0 Å². The van der Waals surface area contributed by atoms with Crippen LogP contribution in [0.15, 0.2) is 12.5 Å². The number of carbonyl (C=O) groups excluding carboxylic acids is 8. The molecule has 0 aliphatic heterocycles. The van der Waals surface area contributed by atoms with E-state index in [1.807, 2.05) is 6.26 Å². The second kappa shape index (κ2) is 30.3. The summed E-state index contributed by atoms with van der Waals surface area (Å²) in [6.45, 7) is 3.95. The Hall–Kier alpha value is -6.00. The number of unbranched alkanes of at least 4 members (excludes halogenated alkanes) is 1. The molecule has 0 spiro atoms. The highest BCUT2D eigenvalue weighted by molar-refractivity contribution is 7.98. The topological polar surface area (TPSA) is 425 Å². The highest BCUT2D eigenvalue weighted by atomic mass is 32.2. The molecular weight excluding hydrogens is 913 g/mol. The summed E-state index contributed by atoms with van der Waals surface area (Å²) < 4.78 is 0. The Kier molecular flexibility index (Phi) is 26.6. The van der Waals surface area contributed by atoms with Gasteiger partial charge in [-0.1, -0.05) is 13.8 Å². The van der Waals surface area contributed by atoms with E-state index in [1.165, 1.54) is 24.3 Å². The third-order valence-electron chi connectivity index (χ3n) is 9.42. The van der Waals surface area contributed by atoms with Crippen molar-refractivity contribution in [2.24, 2.45) is 17.4 Å². The van der Waals surface area contributed by atoms with E-state index in [0.29, 0.717) is 37.3 Å². The van der Waals surface area contributed by atoms with E-state index < -0.39 is 145 Å². The maximum atomic E-state index is 13.7. The summed E-state index contributed by atoms with van der Waals surface area (Å²) in [5, 5.41) is 46.8. The Morgan fingerprint density at radius 3 is 1.79 bits per heavy atom. The van der Waals surface area contributed by atoms with Crippen LogP contribution < -0.4 is 54.0 Å². The number of imidazole rings is 1. The summed E-state index contributed by atoms with van der Waals surface area (Å²) in [6, 6.07) is -11.6. The van der Waals surface area contributed by atoms with Gasteiger partial charge in [0.2, 0.25) is 47.3 Å². The number of nitrogens with one attached hydrogen (secondary N) is 9. The van der Waals surface area contributed by atoms with Gasteiger partial charge in [-0.2, -0.15) is 24.4 Å². The van der Waals surface area contributed by atoms with Gasteiger partial charge in [0.25, 0.3) is 0 Å². The molecule has 1 aromatic heterocycles. The number of H-pyrrole nitrogens is 1. The summed E-state index contributed by atoms with van der Waals surface area (Å²) >= 11 is 5.55. The quantitative estimate of drug-likeness (QED) is 0.0238. The van der Waals surface area contributed by atoms with Crippen LogP contribution in [0.25, 0.3) is 0 Å². The number of amides is 8. The molecule has 370 valence electrons. The van der Waals surface area contributed by atoms with Crippen LogP contribution in [-0.4, -0.2) is 170 Å². The van der Waals surface area contributed by atoms with Gasteiger partial charge in [0, 0.05) is 24.1 Å². The molecule has 1 aromatic rings. The van der Waals surface area contributed by atoms with Crippen LogP contribution >= 0.6 is 24.4 Å². The van der Waals surface area contributed by atoms with E-state index in [4.69, 9.17) is 11.5 Å². The third kappa shape index (κ3) is 21.8. The SMILES string of the molecule is CSCC[C@H](N)C(=O)N[C@H](C(=O)N[C@@H](Cc1cnc[nH]1)C(=O)N[C@@H](CC(=O)O)C(=O)N[C@@H](CS)C(=O)N[C@@H](C)C(=O)N[C@@H](CC(=O)O)C(=O)NCC(=O)N[C@@H](CCCCN)C(=O)O)C(C)C. The summed E-state index contributed by atoms with van der Waals surface area (Å²) in [5.41, 5.74) is 11.7. The average molecular weight is 975 g/mol. The second-order valence-corrected chi connectivity index (χ2v) is 16.6. The van der Waals surface area contributed by atoms with Crippen LogP contribution in [0.4, 0.5) is 0 Å². The Labute approximate surface area is 389 Å². The van der Waals surface area contributed by atoms with Crippen molar-refractivity contribution in [2.45, 2.75) is 114 Å². The third-order valence-corrected chi connectivity index (χ3v) is 10.4.